The number of hydrogen-bond acceptors (Lipinski definition) is 1. The van der Waals surface area contributed by atoms with Crippen LogP contribution in [-0.4, -0.2) is 9.97 Å². The molecule has 0 atom stereocenters. The molecular formula is C5H7BrN2. The summed E-state index contributed by atoms with van der Waals surface area (Å²) in [7, 11) is 0. The molecule has 1 rings (SSSR count). The highest BCUT2D eigenvalue weighted by molar-refractivity contribution is 9.08. The van der Waals surface area contributed by atoms with Gasteiger partial charge >= 0.3 is 0 Å². The van der Waals surface area contributed by atoms with Gasteiger partial charge in [-0.1, -0.05) is 15.9 Å². The van der Waals surface area contributed by atoms with Crippen molar-refractivity contribution in [2.24, 2.45) is 0 Å². The van der Waals surface area contributed by atoms with Gasteiger partial charge in [-0.2, -0.15) is 0 Å². The Balaban J connectivity index is 2.84. The largest absolute Gasteiger partial charge is 0.345 e. The van der Waals surface area contributed by atoms with Crippen LogP contribution >= 0.6 is 15.9 Å². The number of H-pyrrole nitrogens is 1. The van der Waals surface area contributed by atoms with Crippen LogP contribution in [0.5, 0.6) is 0 Å². The predicted octanol–water partition coefficient (Wildman–Crippen LogP) is 1.61. The summed E-state index contributed by atoms with van der Waals surface area (Å²) < 4.78 is 0. The zero-order valence-electron chi connectivity index (χ0n) is 4.61. The molecule has 1 heterocycles. The van der Waals surface area contributed by atoms with Gasteiger partial charge in [0.05, 0.1) is 5.33 Å². The lowest BCUT2D eigenvalue weighted by molar-refractivity contribution is 1.11. The minimum atomic E-state index is 0.806. The summed E-state index contributed by atoms with van der Waals surface area (Å²) in [6.07, 6.45) is 1.82. The van der Waals surface area contributed by atoms with E-state index >= 15 is 0 Å². The van der Waals surface area contributed by atoms with E-state index < -0.39 is 0 Å². The number of aryl methyl sites for hydroxylation is 1. The van der Waals surface area contributed by atoms with Crippen LogP contribution in [-0.2, 0) is 5.33 Å². The van der Waals surface area contributed by atoms with Crippen molar-refractivity contribution < 1.29 is 0 Å². The first-order valence-corrected chi connectivity index (χ1v) is 3.51. The van der Waals surface area contributed by atoms with Gasteiger partial charge in [0.25, 0.3) is 0 Å². The Kier molecular flexibility index (Phi) is 1.68. The molecule has 0 aromatic carbocycles. The van der Waals surface area contributed by atoms with E-state index in [1.54, 1.807) is 0 Å². The maximum Gasteiger partial charge on any atom is 0.116 e. The Morgan fingerprint density at radius 1 is 1.88 bits per heavy atom. The van der Waals surface area contributed by atoms with Crippen molar-refractivity contribution in [3.63, 3.8) is 0 Å². The highest BCUT2D eigenvalue weighted by atomic mass is 79.9. The maximum atomic E-state index is 4.03. The molecule has 0 spiro atoms. The van der Waals surface area contributed by atoms with Gasteiger partial charge in [-0.15, -0.1) is 0 Å². The minimum absolute atomic E-state index is 0.806. The van der Waals surface area contributed by atoms with Gasteiger partial charge in [0.1, 0.15) is 5.82 Å². The Morgan fingerprint density at radius 2 is 2.62 bits per heavy atom. The van der Waals surface area contributed by atoms with Crippen molar-refractivity contribution in [3.05, 3.63) is 17.7 Å². The molecule has 0 saturated heterocycles. The first-order chi connectivity index (χ1) is 3.83. The molecule has 0 aliphatic carbocycles. The van der Waals surface area contributed by atoms with E-state index in [4.69, 9.17) is 0 Å². The number of imidazole rings is 1. The van der Waals surface area contributed by atoms with E-state index in [0.29, 0.717) is 0 Å². The standard InChI is InChI=1S/C5H7BrN2/c1-4-3-7-5(2-6)8-4/h3H,2H2,1H3,(H,7,8). The van der Waals surface area contributed by atoms with E-state index in [0.717, 1.165) is 16.8 Å². The number of aromatic nitrogens is 2. The third-order valence-corrected chi connectivity index (χ3v) is 1.41. The number of halogens is 1. The molecule has 3 heteroatoms. The lowest BCUT2D eigenvalue weighted by Crippen LogP contribution is -1.77. The highest BCUT2D eigenvalue weighted by Crippen LogP contribution is 1.98. The number of aromatic amines is 1. The Hall–Kier alpha value is -0.310. The molecule has 1 N–H and O–H groups in total. The molecule has 0 amide bonds. The molecule has 1 aromatic heterocycles. The molecule has 0 bridgehead atoms. The first kappa shape index (κ1) is 5.82. The van der Waals surface area contributed by atoms with Crippen LogP contribution in [0.15, 0.2) is 6.20 Å². The van der Waals surface area contributed by atoms with Gasteiger partial charge in [0.15, 0.2) is 0 Å². The Bertz CT molecular complexity index is 171. The molecular weight excluding hydrogens is 168 g/mol. The van der Waals surface area contributed by atoms with Crippen molar-refractivity contribution in [1.29, 1.82) is 0 Å². The normalized spacial score (nSPS) is 9.75. The Morgan fingerprint density at radius 3 is 2.88 bits per heavy atom. The van der Waals surface area contributed by atoms with Crippen LogP contribution in [0.25, 0.3) is 0 Å². The molecule has 1 aromatic rings. The second kappa shape index (κ2) is 2.31. The molecule has 0 aliphatic heterocycles. The van der Waals surface area contributed by atoms with Gasteiger partial charge in [-0.05, 0) is 6.92 Å². The number of nitrogens with one attached hydrogen (secondary N) is 1. The van der Waals surface area contributed by atoms with Crippen LogP contribution in [0, 0.1) is 6.92 Å². The molecule has 8 heavy (non-hydrogen) atoms. The van der Waals surface area contributed by atoms with E-state index in [-0.39, 0.29) is 0 Å². The van der Waals surface area contributed by atoms with E-state index in [1.165, 1.54) is 0 Å². The van der Waals surface area contributed by atoms with Crippen LogP contribution < -0.4 is 0 Å². The van der Waals surface area contributed by atoms with Crippen LogP contribution in [0.1, 0.15) is 11.5 Å². The first-order valence-electron chi connectivity index (χ1n) is 2.39. The molecule has 0 unspecified atom stereocenters. The number of nitrogens with zero attached hydrogens (tertiary/aromatic N) is 1. The number of alkyl halides is 1. The molecule has 0 aliphatic rings. The topological polar surface area (TPSA) is 28.7 Å². The zero-order chi connectivity index (χ0) is 5.98. The summed E-state index contributed by atoms with van der Waals surface area (Å²) >= 11 is 3.28. The molecule has 2 nitrogen and oxygen atoms in total. The second-order valence-electron chi connectivity index (χ2n) is 1.65. The van der Waals surface area contributed by atoms with Gasteiger partial charge < -0.3 is 4.98 Å². The number of hydrogen-bond donors (Lipinski definition) is 1. The summed E-state index contributed by atoms with van der Waals surface area (Å²) in [5.74, 6) is 0.988. The minimum Gasteiger partial charge on any atom is -0.345 e. The van der Waals surface area contributed by atoms with Crippen molar-refractivity contribution in [1.82, 2.24) is 9.97 Å². The molecule has 44 valence electrons. The average Bonchev–Trinajstić information content (AvgIpc) is 2.14. The molecule has 0 radical (unpaired) electrons. The fourth-order valence-electron chi connectivity index (χ4n) is 0.535. The Labute approximate surface area is 56.5 Å². The summed E-state index contributed by atoms with van der Waals surface area (Å²) in [6, 6.07) is 0. The predicted molar refractivity (Wildman–Crippen MR) is 36.0 cm³/mol. The fraction of sp³-hybridized carbons (Fsp3) is 0.400. The maximum absolute atomic E-state index is 4.03. The van der Waals surface area contributed by atoms with Crippen molar-refractivity contribution >= 4 is 15.9 Å². The van der Waals surface area contributed by atoms with E-state index in [1.807, 2.05) is 13.1 Å². The smallest absolute Gasteiger partial charge is 0.116 e. The fourth-order valence-corrected chi connectivity index (χ4v) is 0.820. The second-order valence-corrected chi connectivity index (χ2v) is 2.21. The number of rotatable bonds is 1. The molecule has 0 saturated carbocycles. The van der Waals surface area contributed by atoms with Crippen molar-refractivity contribution in [2.45, 2.75) is 12.3 Å². The summed E-state index contributed by atoms with van der Waals surface area (Å²) in [6.45, 7) is 1.99. The lowest BCUT2D eigenvalue weighted by atomic mass is 10.6. The van der Waals surface area contributed by atoms with E-state index in [9.17, 15) is 0 Å². The monoisotopic (exact) mass is 174 g/mol. The third kappa shape index (κ3) is 1.10. The lowest BCUT2D eigenvalue weighted by Gasteiger charge is -1.80. The van der Waals surface area contributed by atoms with E-state index in [2.05, 4.69) is 25.9 Å². The van der Waals surface area contributed by atoms with Crippen LogP contribution in [0.3, 0.4) is 0 Å². The van der Waals surface area contributed by atoms with Gasteiger partial charge in [-0.3, -0.25) is 0 Å². The average molecular weight is 175 g/mol. The zero-order valence-corrected chi connectivity index (χ0v) is 6.20. The van der Waals surface area contributed by atoms with Gasteiger partial charge in [-0.25, -0.2) is 4.98 Å². The highest BCUT2D eigenvalue weighted by Gasteiger charge is 1.90. The summed E-state index contributed by atoms with van der Waals surface area (Å²) in [5, 5.41) is 0.806. The third-order valence-electron chi connectivity index (χ3n) is 0.882. The summed E-state index contributed by atoms with van der Waals surface area (Å²) in [4.78, 5) is 7.10. The molecule has 0 fully saturated rings. The summed E-state index contributed by atoms with van der Waals surface area (Å²) in [5.41, 5.74) is 1.11. The van der Waals surface area contributed by atoms with Crippen molar-refractivity contribution in [2.75, 3.05) is 0 Å². The van der Waals surface area contributed by atoms with Crippen LogP contribution in [0.2, 0.25) is 0 Å². The SMILES string of the molecule is Cc1cnc(CBr)[nH]1. The van der Waals surface area contributed by atoms with Crippen LogP contribution in [0.4, 0.5) is 0 Å². The quantitative estimate of drug-likeness (QED) is 0.645. The van der Waals surface area contributed by atoms with Gasteiger partial charge in [0.2, 0.25) is 0 Å². The van der Waals surface area contributed by atoms with Gasteiger partial charge in [0, 0.05) is 11.9 Å². The van der Waals surface area contributed by atoms with Crippen molar-refractivity contribution in [3.8, 4) is 0 Å².